The van der Waals surface area contributed by atoms with Gasteiger partial charge in [0.15, 0.2) is 0 Å². The largest absolute Gasteiger partial charge is 0.497 e. The second-order valence-corrected chi connectivity index (χ2v) is 8.98. The van der Waals surface area contributed by atoms with Crippen LogP contribution >= 0.6 is 0 Å². The summed E-state index contributed by atoms with van der Waals surface area (Å²) in [5, 5.41) is 5.81. The SMILES string of the molecule is COc1cccc(-c2[nH]n(-c3ccc(C)cc3)c(=O)c2/C=C2\NC(=O)N(Cc3cccc(C)c3)C2=O)c1. The van der Waals surface area contributed by atoms with E-state index in [0.29, 0.717) is 22.7 Å². The van der Waals surface area contributed by atoms with Crippen molar-refractivity contribution in [2.24, 2.45) is 0 Å². The van der Waals surface area contributed by atoms with Crippen LogP contribution in [0.15, 0.2) is 83.3 Å². The molecule has 37 heavy (non-hydrogen) atoms. The summed E-state index contributed by atoms with van der Waals surface area (Å²) >= 11 is 0. The normalized spacial score (nSPS) is 14.4. The summed E-state index contributed by atoms with van der Waals surface area (Å²) in [4.78, 5) is 40.7. The van der Waals surface area contributed by atoms with E-state index in [0.717, 1.165) is 21.6 Å². The number of carbonyl (C=O) groups is 2. The lowest BCUT2D eigenvalue weighted by Crippen LogP contribution is -2.30. The summed E-state index contributed by atoms with van der Waals surface area (Å²) in [6.45, 7) is 4.05. The average molecular weight is 495 g/mol. The molecule has 2 heterocycles. The number of rotatable bonds is 6. The molecule has 2 N–H and O–H groups in total. The van der Waals surface area contributed by atoms with Gasteiger partial charge in [-0.25, -0.2) is 9.48 Å². The molecule has 5 rings (SSSR count). The molecule has 1 aliphatic rings. The van der Waals surface area contributed by atoms with Gasteiger partial charge in [-0.1, -0.05) is 59.7 Å². The van der Waals surface area contributed by atoms with Crippen LogP contribution in [0.1, 0.15) is 22.3 Å². The molecule has 3 aromatic carbocycles. The van der Waals surface area contributed by atoms with Crippen molar-refractivity contribution in [1.29, 1.82) is 0 Å². The number of methoxy groups -OCH3 is 1. The van der Waals surface area contributed by atoms with Gasteiger partial charge in [-0.2, -0.15) is 0 Å². The Balaban J connectivity index is 1.59. The maximum atomic E-state index is 13.6. The molecule has 8 nitrogen and oxygen atoms in total. The molecule has 8 heteroatoms. The van der Waals surface area contributed by atoms with Crippen LogP contribution in [0.3, 0.4) is 0 Å². The van der Waals surface area contributed by atoms with E-state index in [1.165, 1.54) is 10.8 Å². The van der Waals surface area contributed by atoms with Crippen molar-refractivity contribution in [3.05, 3.63) is 111 Å². The molecule has 1 fully saturated rings. The van der Waals surface area contributed by atoms with E-state index in [4.69, 9.17) is 4.74 Å². The minimum atomic E-state index is -0.532. The highest BCUT2D eigenvalue weighted by atomic mass is 16.5. The topological polar surface area (TPSA) is 96.4 Å². The fourth-order valence-electron chi connectivity index (χ4n) is 4.31. The van der Waals surface area contributed by atoms with Gasteiger partial charge in [-0.15, -0.1) is 0 Å². The third kappa shape index (κ3) is 4.69. The van der Waals surface area contributed by atoms with Crippen molar-refractivity contribution in [2.45, 2.75) is 20.4 Å². The van der Waals surface area contributed by atoms with Crippen LogP contribution in [0, 0.1) is 13.8 Å². The smallest absolute Gasteiger partial charge is 0.329 e. The molecule has 4 aromatic rings. The number of hydrogen-bond donors (Lipinski definition) is 2. The predicted octanol–water partition coefficient (Wildman–Crippen LogP) is 4.55. The van der Waals surface area contributed by atoms with E-state index in [1.807, 2.05) is 74.5 Å². The molecule has 3 amide bonds. The Hall–Kier alpha value is -4.85. The number of urea groups is 1. The number of carbonyl (C=O) groups excluding carboxylic acids is 2. The molecule has 0 radical (unpaired) electrons. The maximum absolute atomic E-state index is 13.6. The molecule has 0 unspecified atom stereocenters. The molecule has 1 saturated heterocycles. The summed E-state index contributed by atoms with van der Waals surface area (Å²) in [7, 11) is 1.57. The first-order valence-electron chi connectivity index (χ1n) is 11.8. The van der Waals surface area contributed by atoms with E-state index in [-0.39, 0.29) is 23.4 Å². The lowest BCUT2D eigenvalue weighted by Gasteiger charge is -2.12. The van der Waals surface area contributed by atoms with Crippen molar-refractivity contribution in [2.75, 3.05) is 7.11 Å². The van der Waals surface area contributed by atoms with Crippen LogP contribution < -0.4 is 15.6 Å². The summed E-state index contributed by atoms with van der Waals surface area (Å²) in [6, 6.07) is 21.9. The van der Waals surface area contributed by atoms with Crippen molar-refractivity contribution >= 4 is 18.0 Å². The highest BCUT2D eigenvalue weighted by Crippen LogP contribution is 2.27. The average Bonchev–Trinajstić information content (AvgIpc) is 3.35. The van der Waals surface area contributed by atoms with Crippen LogP contribution in [-0.2, 0) is 11.3 Å². The monoisotopic (exact) mass is 494 g/mol. The van der Waals surface area contributed by atoms with Gasteiger partial charge < -0.3 is 10.1 Å². The first-order valence-corrected chi connectivity index (χ1v) is 11.8. The van der Waals surface area contributed by atoms with E-state index >= 15 is 0 Å². The van der Waals surface area contributed by atoms with E-state index < -0.39 is 11.9 Å². The van der Waals surface area contributed by atoms with Crippen LogP contribution in [0.25, 0.3) is 23.0 Å². The quantitative estimate of drug-likeness (QED) is 0.304. The number of ether oxygens (including phenoxy) is 1. The number of nitrogens with one attached hydrogen (secondary N) is 2. The fourth-order valence-corrected chi connectivity index (χ4v) is 4.31. The number of H-pyrrole nitrogens is 1. The Morgan fingerprint density at radius 1 is 0.892 bits per heavy atom. The first-order chi connectivity index (χ1) is 17.8. The van der Waals surface area contributed by atoms with Gasteiger partial charge in [-0.05, 0) is 49.8 Å². The zero-order valence-electron chi connectivity index (χ0n) is 20.7. The molecule has 1 aliphatic heterocycles. The number of aromatic nitrogens is 2. The zero-order chi connectivity index (χ0) is 26.1. The number of aromatic amines is 1. The highest BCUT2D eigenvalue weighted by molar-refractivity contribution is 6.14. The van der Waals surface area contributed by atoms with Gasteiger partial charge in [0.05, 0.1) is 30.6 Å². The molecular weight excluding hydrogens is 468 g/mol. The molecule has 0 bridgehead atoms. The van der Waals surface area contributed by atoms with Crippen molar-refractivity contribution < 1.29 is 14.3 Å². The van der Waals surface area contributed by atoms with Crippen molar-refractivity contribution in [1.82, 2.24) is 20.0 Å². The van der Waals surface area contributed by atoms with E-state index in [2.05, 4.69) is 10.4 Å². The van der Waals surface area contributed by atoms with Gasteiger partial charge in [0.2, 0.25) is 0 Å². The Labute approximate surface area is 213 Å². The number of hydrogen-bond acceptors (Lipinski definition) is 4. The molecular formula is C29H26N4O4. The van der Waals surface area contributed by atoms with Crippen LogP contribution in [0.4, 0.5) is 4.79 Å². The van der Waals surface area contributed by atoms with Crippen LogP contribution in [0.2, 0.25) is 0 Å². The van der Waals surface area contributed by atoms with Crippen molar-refractivity contribution in [3.63, 3.8) is 0 Å². The number of benzene rings is 3. The maximum Gasteiger partial charge on any atom is 0.329 e. The molecule has 0 aliphatic carbocycles. The molecule has 0 saturated carbocycles. The molecule has 0 spiro atoms. The second kappa shape index (κ2) is 9.66. The summed E-state index contributed by atoms with van der Waals surface area (Å²) in [5.41, 5.74) is 4.70. The predicted molar refractivity (Wildman–Crippen MR) is 141 cm³/mol. The van der Waals surface area contributed by atoms with Crippen LogP contribution in [0.5, 0.6) is 5.75 Å². The first kappa shape index (κ1) is 23.9. The van der Waals surface area contributed by atoms with Gasteiger partial charge >= 0.3 is 6.03 Å². The van der Waals surface area contributed by atoms with Gasteiger partial charge in [0.1, 0.15) is 11.4 Å². The highest BCUT2D eigenvalue weighted by Gasteiger charge is 2.34. The summed E-state index contributed by atoms with van der Waals surface area (Å²) in [5.74, 6) is 0.125. The number of imide groups is 1. The fraction of sp³-hybridized carbons (Fsp3) is 0.138. The number of amides is 3. The standard InChI is InChI=1S/C29H26N4O4/c1-18-10-12-22(13-11-18)33-27(34)24(26(31-33)21-8-5-9-23(15-21)37-3)16-25-28(35)32(29(36)30-25)17-20-7-4-6-19(2)14-20/h4-16,31H,17H2,1-3H3,(H,30,36)/b25-16-. The Kier molecular flexibility index (Phi) is 6.23. The van der Waals surface area contributed by atoms with Crippen LogP contribution in [-0.4, -0.2) is 33.7 Å². The van der Waals surface area contributed by atoms with Gasteiger partial charge in [0, 0.05) is 5.56 Å². The summed E-state index contributed by atoms with van der Waals surface area (Å²) in [6.07, 6.45) is 1.44. The molecule has 1 aromatic heterocycles. The summed E-state index contributed by atoms with van der Waals surface area (Å²) < 4.78 is 6.79. The number of nitrogens with zero attached hydrogens (tertiary/aromatic N) is 2. The van der Waals surface area contributed by atoms with Gasteiger partial charge in [-0.3, -0.25) is 19.6 Å². The second-order valence-electron chi connectivity index (χ2n) is 8.98. The van der Waals surface area contributed by atoms with E-state index in [1.54, 1.807) is 19.2 Å². The Morgan fingerprint density at radius 2 is 1.65 bits per heavy atom. The minimum absolute atomic E-state index is 0.0361. The third-order valence-corrected chi connectivity index (χ3v) is 6.25. The minimum Gasteiger partial charge on any atom is -0.497 e. The Morgan fingerprint density at radius 3 is 2.38 bits per heavy atom. The Bertz CT molecular complexity index is 1590. The molecule has 0 atom stereocenters. The number of aryl methyl sites for hydroxylation is 2. The third-order valence-electron chi connectivity index (χ3n) is 6.25. The van der Waals surface area contributed by atoms with E-state index in [9.17, 15) is 14.4 Å². The van der Waals surface area contributed by atoms with Gasteiger partial charge in [0.25, 0.3) is 11.5 Å². The lowest BCUT2D eigenvalue weighted by molar-refractivity contribution is -0.123. The molecule has 186 valence electrons. The van der Waals surface area contributed by atoms with Crippen molar-refractivity contribution in [3.8, 4) is 22.7 Å². The lowest BCUT2D eigenvalue weighted by atomic mass is 10.1. The zero-order valence-corrected chi connectivity index (χ0v) is 20.7.